The van der Waals surface area contributed by atoms with Crippen LogP contribution in [0.3, 0.4) is 0 Å². The molecule has 27 heavy (non-hydrogen) atoms. The van der Waals surface area contributed by atoms with Crippen molar-refractivity contribution in [3.8, 4) is 0 Å². The van der Waals surface area contributed by atoms with Crippen LogP contribution in [0.15, 0.2) is 28.0 Å². The highest BCUT2D eigenvalue weighted by atomic mass is 35.5. The molecule has 3 aromatic heterocycles. The van der Waals surface area contributed by atoms with Gasteiger partial charge < -0.3 is 15.5 Å². The molecule has 5 nitrogen and oxygen atoms in total. The van der Waals surface area contributed by atoms with Gasteiger partial charge in [-0.25, -0.2) is 4.98 Å². The van der Waals surface area contributed by atoms with E-state index in [1.165, 1.54) is 0 Å². The van der Waals surface area contributed by atoms with Crippen molar-refractivity contribution in [2.45, 2.75) is 25.4 Å². The Morgan fingerprint density at radius 1 is 1.37 bits per heavy atom. The van der Waals surface area contributed by atoms with Crippen molar-refractivity contribution in [3.05, 3.63) is 44.4 Å². The van der Waals surface area contributed by atoms with Crippen molar-refractivity contribution in [1.29, 1.82) is 0 Å². The number of hydrogen-bond donors (Lipinski definition) is 2. The molecule has 3 heterocycles. The Kier molecular flexibility index (Phi) is 6.17. The lowest BCUT2D eigenvalue weighted by Crippen LogP contribution is -2.32. The van der Waals surface area contributed by atoms with Gasteiger partial charge in [0.2, 0.25) is 0 Å². The molecular formula is C16H14Cl2F3N3O2S. The molecule has 0 bridgehead atoms. The van der Waals surface area contributed by atoms with Crippen LogP contribution in [0.1, 0.15) is 10.6 Å². The predicted molar refractivity (Wildman–Crippen MR) is 99.4 cm³/mol. The second-order valence-corrected chi connectivity index (χ2v) is 7.46. The molecule has 0 aliphatic rings. The largest absolute Gasteiger partial charge is 0.522 e. The van der Waals surface area contributed by atoms with Gasteiger partial charge in [0.25, 0.3) is 0 Å². The molecular weight excluding hydrogens is 426 g/mol. The van der Waals surface area contributed by atoms with Crippen LogP contribution in [0, 0.1) is 0 Å². The molecule has 3 N–H and O–H groups in total. The van der Waals surface area contributed by atoms with Crippen molar-refractivity contribution >= 4 is 51.3 Å². The van der Waals surface area contributed by atoms with Gasteiger partial charge in [0.05, 0.1) is 12.3 Å². The lowest BCUT2D eigenvalue weighted by molar-refractivity contribution is -0.325. The number of fused-ring (bicyclic) bond motifs is 1. The first kappa shape index (κ1) is 20.2. The van der Waals surface area contributed by atoms with Crippen LogP contribution in [-0.2, 0) is 17.7 Å². The standard InChI is InChI=1S/C16H14Cl2F3N3O2S/c17-12-5-10(23-6-9-2-1-3-27-9)15-14(24-12)13(18)11(26-15)4-8(22)7-25-16(19,20)21/h1-3,5,8H,4,6-7,22H2,(H,23,24)/t8-/m1/s1. The first-order chi connectivity index (χ1) is 12.7. The van der Waals surface area contributed by atoms with E-state index in [0.717, 1.165) is 4.88 Å². The van der Waals surface area contributed by atoms with E-state index in [2.05, 4.69) is 15.0 Å². The summed E-state index contributed by atoms with van der Waals surface area (Å²) >= 11 is 13.9. The lowest BCUT2D eigenvalue weighted by Gasteiger charge is -2.12. The van der Waals surface area contributed by atoms with Gasteiger partial charge in [-0.15, -0.1) is 24.5 Å². The number of pyridine rings is 1. The number of aromatic nitrogens is 1. The molecule has 0 fully saturated rings. The first-order valence-corrected chi connectivity index (χ1v) is 9.36. The maximum absolute atomic E-state index is 12.1. The van der Waals surface area contributed by atoms with Crippen molar-refractivity contribution in [2.24, 2.45) is 5.73 Å². The Balaban J connectivity index is 1.81. The van der Waals surface area contributed by atoms with Crippen LogP contribution in [0.4, 0.5) is 18.9 Å². The monoisotopic (exact) mass is 439 g/mol. The Morgan fingerprint density at radius 3 is 2.81 bits per heavy atom. The van der Waals surface area contributed by atoms with E-state index in [1.54, 1.807) is 17.4 Å². The van der Waals surface area contributed by atoms with Gasteiger partial charge in [0, 0.05) is 30.0 Å². The molecule has 11 heteroatoms. The number of halogens is 5. The second kappa shape index (κ2) is 8.24. The molecule has 1 atom stereocenters. The molecule has 0 radical (unpaired) electrons. The van der Waals surface area contributed by atoms with E-state index in [4.69, 9.17) is 33.4 Å². The summed E-state index contributed by atoms with van der Waals surface area (Å²) < 4.78 is 45.9. The maximum atomic E-state index is 12.1. The molecule has 0 aliphatic carbocycles. The zero-order valence-corrected chi connectivity index (χ0v) is 16.0. The molecule has 0 spiro atoms. The van der Waals surface area contributed by atoms with E-state index in [1.807, 2.05) is 17.5 Å². The second-order valence-electron chi connectivity index (χ2n) is 5.66. The van der Waals surface area contributed by atoms with Gasteiger partial charge in [-0.05, 0) is 11.4 Å². The predicted octanol–water partition coefficient (Wildman–Crippen LogP) is 5.21. The fourth-order valence-corrected chi connectivity index (χ4v) is 3.49. The average molecular weight is 440 g/mol. The highest BCUT2D eigenvalue weighted by Gasteiger charge is 2.30. The van der Waals surface area contributed by atoms with Gasteiger partial charge in [-0.2, -0.15) is 0 Å². The summed E-state index contributed by atoms with van der Waals surface area (Å²) in [6.07, 6.45) is -4.80. The Hall–Kier alpha value is -1.52. The average Bonchev–Trinajstić information content (AvgIpc) is 3.20. The number of rotatable bonds is 7. The molecule has 146 valence electrons. The quantitative estimate of drug-likeness (QED) is 0.494. The zero-order valence-electron chi connectivity index (χ0n) is 13.6. The molecule has 3 rings (SSSR count). The van der Waals surface area contributed by atoms with Gasteiger partial charge in [-0.3, -0.25) is 4.74 Å². The van der Waals surface area contributed by atoms with Crippen LogP contribution in [-0.4, -0.2) is 24.0 Å². The summed E-state index contributed by atoms with van der Waals surface area (Å²) in [5, 5.41) is 5.52. The van der Waals surface area contributed by atoms with Crippen LogP contribution in [0.2, 0.25) is 10.2 Å². The number of nitrogens with two attached hydrogens (primary N) is 1. The summed E-state index contributed by atoms with van der Waals surface area (Å²) in [7, 11) is 0. The summed E-state index contributed by atoms with van der Waals surface area (Å²) in [6, 6.07) is 4.54. The fourth-order valence-electron chi connectivity index (χ4n) is 2.41. The summed E-state index contributed by atoms with van der Waals surface area (Å²) in [6.45, 7) is -0.172. The number of ether oxygens (including phenoxy) is 1. The van der Waals surface area contributed by atoms with Crippen molar-refractivity contribution < 1.29 is 22.3 Å². The third-order valence-corrected chi connectivity index (χ3v) is 5.02. The minimum Gasteiger partial charge on any atom is -0.455 e. The Bertz CT molecular complexity index is 916. The smallest absolute Gasteiger partial charge is 0.455 e. The van der Waals surface area contributed by atoms with Gasteiger partial charge in [-0.1, -0.05) is 29.3 Å². The topological polar surface area (TPSA) is 73.3 Å². The third kappa shape index (κ3) is 5.26. The third-order valence-electron chi connectivity index (χ3n) is 3.56. The summed E-state index contributed by atoms with van der Waals surface area (Å²) in [5.74, 6) is 0.221. The molecule has 0 amide bonds. The molecule has 0 aliphatic heterocycles. The van der Waals surface area contributed by atoms with Crippen LogP contribution >= 0.6 is 34.5 Å². The zero-order chi connectivity index (χ0) is 19.6. The number of anilines is 1. The number of nitrogens with one attached hydrogen (secondary N) is 1. The van der Waals surface area contributed by atoms with E-state index in [-0.39, 0.29) is 22.4 Å². The number of thiophene rings is 1. The highest BCUT2D eigenvalue weighted by molar-refractivity contribution is 7.09. The molecule has 0 aromatic carbocycles. The lowest BCUT2D eigenvalue weighted by atomic mass is 10.2. The van der Waals surface area contributed by atoms with Crippen LogP contribution < -0.4 is 11.1 Å². The number of nitrogens with zero attached hydrogens (tertiary/aromatic N) is 1. The van der Waals surface area contributed by atoms with E-state index >= 15 is 0 Å². The van der Waals surface area contributed by atoms with Gasteiger partial charge in [0.1, 0.15) is 21.5 Å². The van der Waals surface area contributed by atoms with Gasteiger partial charge >= 0.3 is 6.36 Å². The van der Waals surface area contributed by atoms with E-state index in [9.17, 15) is 13.2 Å². The molecule has 0 saturated carbocycles. The number of hydrogen-bond acceptors (Lipinski definition) is 6. The Labute approximate surface area is 166 Å². The fraction of sp³-hybridized carbons (Fsp3) is 0.312. The molecule has 0 unspecified atom stereocenters. The van der Waals surface area contributed by atoms with Crippen LogP contribution in [0.5, 0.6) is 0 Å². The van der Waals surface area contributed by atoms with E-state index in [0.29, 0.717) is 23.3 Å². The van der Waals surface area contributed by atoms with E-state index < -0.39 is 19.0 Å². The minimum atomic E-state index is -4.75. The highest BCUT2D eigenvalue weighted by Crippen LogP contribution is 2.36. The molecule has 3 aromatic rings. The number of alkyl halides is 3. The first-order valence-electron chi connectivity index (χ1n) is 7.73. The Morgan fingerprint density at radius 2 is 2.15 bits per heavy atom. The van der Waals surface area contributed by atoms with Crippen LogP contribution in [0.25, 0.3) is 11.1 Å². The van der Waals surface area contributed by atoms with Crippen molar-refractivity contribution in [1.82, 2.24) is 4.98 Å². The normalized spacial score (nSPS) is 13.3. The van der Waals surface area contributed by atoms with Crippen molar-refractivity contribution in [3.63, 3.8) is 0 Å². The minimum absolute atomic E-state index is 0.0484. The summed E-state index contributed by atoms with van der Waals surface area (Å²) in [4.78, 5) is 5.24. The summed E-state index contributed by atoms with van der Waals surface area (Å²) in [5.41, 5.74) is 6.94. The van der Waals surface area contributed by atoms with Gasteiger partial charge in [0.15, 0.2) is 5.58 Å². The SMILES string of the molecule is N[C@@H](COC(F)(F)F)Cc1oc2c(NCc3cccs3)cc(Cl)nc2c1Cl. The maximum Gasteiger partial charge on any atom is 0.522 e. The molecule has 0 saturated heterocycles. The number of furan rings is 1. The van der Waals surface area contributed by atoms with Crippen molar-refractivity contribution in [2.75, 3.05) is 11.9 Å².